The van der Waals surface area contributed by atoms with Gasteiger partial charge in [-0.05, 0) is 56.3 Å². The van der Waals surface area contributed by atoms with E-state index in [4.69, 9.17) is 0 Å². The van der Waals surface area contributed by atoms with Gasteiger partial charge in [-0.1, -0.05) is 12.1 Å². The Morgan fingerprint density at radius 3 is 2.85 bits per heavy atom. The molecule has 3 unspecified atom stereocenters. The van der Waals surface area contributed by atoms with Crippen LogP contribution in [0.25, 0.3) is 0 Å². The van der Waals surface area contributed by atoms with Crippen molar-refractivity contribution in [3.8, 4) is 5.75 Å². The average Bonchev–Trinajstić information content (AvgIpc) is 2.81. The van der Waals surface area contributed by atoms with Gasteiger partial charge in [-0.15, -0.1) is 0 Å². The van der Waals surface area contributed by atoms with Crippen LogP contribution in [0.5, 0.6) is 5.75 Å². The number of alkyl halides is 2. The van der Waals surface area contributed by atoms with E-state index in [1.165, 1.54) is 6.07 Å². The van der Waals surface area contributed by atoms with Gasteiger partial charge < -0.3 is 15.2 Å². The zero-order chi connectivity index (χ0) is 14.5. The highest BCUT2D eigenvalue weighted by Crippen LogP contribution is 2.26. The number of hydrogen-bond acceptors (Lipinski definition) is 3. The predicted molar refractivity (Wildman–Crippen MR) is 72.8 cm³/mol. The first-order valence-corrected chi connectivity index (χ1v) is 7.01. The lowest BCUT2D eigenvalue weighted by atomic mass is 10.1. The minimum Gasteiger partial charge on any atom is -0.435 e. The molecule has 3 atom stereocenters. The number of aliphatic hydroxyl groups excluding tert-OH is 1. The highest BCUT2D eigenvalue weighted by Gasteiger charge is 2.22. The van der Waals surface area contributed by atoms with Crippen molar-refractivity contribution in [3.63, 3.8) is 0 Å². The summed E-state index contributed by atoms with van der Waals surface area (Å²) in [4.78, 5) is 0. The first-order chi connectivity index (χ1) is 9.54. The molecule has 3 nitrogen and oxygen atoms in total. The number of hydrogen-bond donors (Lipinski definition) is 2. The van der Waals surface area contributed by atoms with Gasteiger partial charge in [-0.2, -0.15) is 8.78 Å². The van der Waals surface area contributed by atoms with Crippen LogP contribution in [0.4, 0.5) is 8.78 Å². The van der Waals surface area contributed by atoms with Gasteiger partial charge in [0.25, 0.3) is 0 Å². The maximum absolute atomic E-state index is 12.2. The third-order valence-corrected chi connectivity index (χ3v) is 3.81. The van der Waals surface area contributed by atoms with Crippen LogP contribution in [-0.2, 0) is 0 Å². The highest BCUT2D eigenvalue weighted by atomic mass is 19.3. The van der Waals surface area contributed by atoms with Gasteiger partial charge in [-0.3, -0.25) is 0 Å². The van der Waals surface area contributed by atoms with Crippen LogP contribution in [-0.4, -0.2) is 24.4 Å². The molecule has 112 valence electrons. The van der Waals surface area contributed by atoms with Crippen molar-refractivity contribution >= 4 is 0 Å². The molecule has 1 fully saturated rings. The fourth-order valence-electron chi connectivity index (χ4n) is 2.66. The summed E-state index contributed by atoms with van der Waals surface area (Å²) in [6.45, 7) is 0.0267. The Morgan fingerprint density at radius 2 is 2.20 bits per heavy atom. The van der Waals surface area contributed by atoms with E-state index in [9.17, 15) is 13.9 Å². The van der Waals surface area contributed by atoms with Crippen LogP contribution in [0.3, 0.4) is 0 Å². The second-order valence-corrected chi connectivity index (χ2v) is 5.41. The molecule has 20 heavy (non-hydrogen) atoms. The summed E-state index contributed by atoms with van der Waals surface area (Å²) in [5, 5.41) is 12.9. The second-order valence-electron chi connectivity index (χ2n) is 5.41. The summed E-state index contributed by atoms with van der Waals surface area (Å²) in [6.07, 6.45) is 2.59. The number of rotatable bonds is 6. The third-order valence-electron chi connectivity index (χ3n) is 3.81. The lowest BCUT2D eigenvalue weighted by Gasteiger charge is -2.18. The highest BCUT2D eigenvalue weighted by molar-refractivity contribution is 5.30. The van der Waals surface area contributed by atoms with Crippen molar-refractivity contribution in [1.29, 1.82) is 0 Å². The van der Waals surface area contributed by atoms with Crippen molar-refractivity contribution in [2.24, 2.45) is 5.92 Å². The van der Waals surface area contributed by atoms with E-state index < -0.39 is 6.61 Å². The summed E-state index contributed by atoms with van der Waals surface area (Å²) in [5.41, 5.74) is 0.918. The van der Waals surface area contributed by atoms with E-state index in [-0.39, 0.29) is 17.9 Å². The molecular weight excluding hydrogens is 264 g/mol. The maximum atomic E-state index is 12.2. The van der Waals surface area contributed by atoms with Crippen molar-refractivity contribution < 1.29 is 18.6 Å². The Morgan fingerprint density at radius 1 is 1.40 bits per heavy atom. The summed E-state index contributed by atoms with van der Waals surface area (Å²) in [7, 11) is 0. The van der Waals surface area contributed by atoms with Gasteiger partial charge in [0.1, 0.15) is 5.75 Å². The Labute approximate surface area is 117 Å². The van der Waals surface area contributed by atoms with Crippen LogP contribution in [0.15, 0.2) is 24.3 Å². The van der Waals surface area contributed by atoms with Gasteiger partial charge in [-0.25, -0.2) is 0 Å². The van der Waals surface area contributed by atoms with E-state index in [1.807, 2.05) is 13.0 Å². The number of halogens is 2. The molecule has 5 heteroatoms. The summed E-state index contributed by atoms with van der Waals surface area (Å²) < 4.78 is 28.8. The molecule has 1 aliphatic carbocycles. The van der Waals surface area contributed by atoms with Crippen molar-refractivity contribution in [2.45, 2.75) is 44.9 Å². The van der Waals surface area contributed by atoms with Crippen LogP contribution < -0.4 is 10.1 Å². The fraction of sp³-hybridized carbons (Fsp3) is 0.600. The number of aliphatic hydroxyl groups is 1. The Bertz CT molecular complexity index is 428. The molecule has 1 aromatic rings. The first kappa shape index (κ1) is 15.2. The molecule has 0 aromatic heterocycles. The summed E-state index contributed by atoms with van der Waals surface area (Å²) in [5.74, 6) is 0.676. The van der Waals surface area contributed by atoms with Gasteiger partial charge in [0.15, 0.2) is 0 Å². The Kier molecular flexibility index (Phi) is 5.31. The van der Waals surface area contributed by atoms with E-state index in [0.717, 1.165) is 31.4 Å². The molecule has 0 spiro atoms. The van der Waals surface area contributed by atoms with Crippen LogP contribution in [0, 0.1) is 5.92 Å². The molecule has 1 aliphatic rings. The van der Waals surface area contributed by atoms with Crippen molar-refractivity contribution in [2.75, 3.05) is 6.54 Å². The van der Waals surface area contributed by atoms with E-state index >= 15 is 0 Å². The van der Waals surface area contributed by atoms with Crippen molar-refractivity contribution in [3.05, 3.63) is 29.8 Å². The molecular formula is C15H21F2NO2. The lowest BCUT2D eigenvalue weighted by Crippen LogP contribution is -2.25. The first-order valence-electron chi connectivity index (χ1n) is 7.01. The second kappa shape index (κ2) is 6.99. The molecule has 0 bridgehead atoms. The SMILES string of the molecule is CC(NCC1CCC(O)C1)c1cccc(OC(F)F)c1. The molecule has 0 radical (unpaired) electrons. The van der Waals surface area contributed by atoms with Gasteiger partial charge >= 0.3 is 6.61 Å². The summed E-state index contributed by atoms with van der Waals surface area (Å²) in [6, 6.07) is 6.82. The van der Waals surface area contributed by atoms with Gasteiger partial charge in [0.2, 0.25) is 0 Å². The van der Waals surface area contributed by atoms with Crippen LogP contribution in [0.2, 0.25) is 0 Å². The normalized spacial score (nSPS) is 24.1. The van der Waals surface area contributed by atoms with Gasteiger partial charge in [0, 0.05) is 6.04 Å². The van der Waals surface area contributed by atoms with Crippen LogP contribution >= 0.6 is 0 Å². The van der Waals surface area contributed by atoms with Gasteiger partial charge in [0.05, 0.1) is 6.10 Å². The topological polar surface area (TPSA) is 41.5 Å². The molecule has 1 aromatic carbocycles. The quantitative estimate of drug-likeness (QED) is 0.844. The molecule has 2 rings (SSSR count). The molecule has 2 N–H and O–H groups in total. The minimum atomic E-state index is -2.80. The molecule has 1 saturated carbocycles. The maximum Gasteiger partial charge on any atom is 0.387 e. The molecule has 0 saturated heterocycles. The van der Waals surface area contributed by atoms with E-state index in [1.54, 1.807) is 12.1 Å². The van der Waals surface area contributed by atoms with Crippen LogP contribution in [0.1, 0.15) is 37.8 Å². The zero-order valence-electron chi connectivity index (χ0n) is 11.6. The largest absolute Gasteiger partial charge is 0.435 e. The lowest BCUT2D eigenvalue weighted by molar-refractivity contribution is -0.0499. The monoisotopic (exact) mass is 285 g/mol. The molecule has 0 aliphatic heterocycles. The third kappa shape index (κ3) is 4.42. The number of ether oxygens (including phenoxy) is 1. The van der Waals surface area contributed by atoms with Crippen molar-refractivity contribution in [1.82, 2.24) is 5.32 Å². The molecule has 0 heterocycles. The zero-order valence-corrected chi connectivity index (χ0v) is 11.6. The Balaban J connectivity index is 1.86. The average molecular weight is 285 g/mol. The number of nitrogens with one attached hydrogen (secondary N) is 1. The molecule has 0 amide bonds. The minimum absolute atomic E-state index is 0.0639. The standard InChI is InChI=1S/C15H21F2NO2/c1-10(18-9-11-5-6-13(19)7-11)12-3-2-4-14(8-12)20-15(16)17/h2-4,8,10-11,13,15,18-19H,5-7,9H2,1H3. The fourth-order valence-corrected chi connectivity index (χ4v) is 2.66. The Hall–Kier alpha value is -1.20. The van der Waals surface area contributed by atoms with E-state index in [2.05, 4.69) is 10.1 Å². The predicted octanol–water partition coefficient (Wildman–Crippen LogP) is 3.10. The summed E-state index contributed by atoms with van der Waals surface area (Å²) >= 11 is 0. The number of benzene rings is 1. The smallest absolute Gasteiger partial charge is 0.387 e. The van der Waals surface area contributed by atoms with E-state index in [0.29, 0.717) is 5.92 Å².